The number of anilines is 1. The van der Waals surface area contributed by atoms with Gasteiger partial charge in [-0.05, 0) is 85.6 Å². The van der Waals surface area contributed by atoms with Crippen molar-refractivity contribution in [2.24, 2.45) is 0 Å². The number of sulfonamides is 1. The lowest BCUT2D eigenvalue weighted by atomic mass is 9.80. The van der Waals surface area contributed by atoms with E-state index in [0.29, 0.717) is 29.5 Å². The Morgan fingerprint density at radius 3 is 2.69 bits per heavy atom. The van der Waals surface area contributed by atoms with Crippen LogP contribution in [-0.4, -0.2) is 48.8 Å². The first kappa shape index (κ1) is 23.8. The van der Waals surface area contributed by atoms with Gasteiger partial charge in [-0.15, -0.1) is 0 Å². The maximum Gasteiger partial charge on any atom is 0.321 e. The molecule has 11 heteroatoms. The van der Waals surface area contributed by atoms with Gasteiger partial charge in [0.15, 0.2) is 0 Å². The number of hydrogen-bond donors (Lipinski definition) is 2. The molecule has 0 bridgehead atoms. The van der Waals surface area contributed by atoms with Crippen molar-refractivity contribution in [3.63, 3.8) is 0 Å². The minimum atomic E-state index is -3.77. The SMILES string of the molecule is CNS(=O)(=O)c1ccc(C2CC2)cc1NC(=O)N1CC[C@](c2ccc(C)c(F)c2)(c2ncns2)C1. The molecule has 0 radical (unpaired) electrons. The van der Waals surface area contributed by atoms with Crippen LogP contribution in [0.25, 0.3) is 0 Å². The van der Waals surface area contributed by atoms with Gasteiger partial charge in [-0.2, -0.15) is 4.37 Å². The van der Waals surface area contributed by atoms with Crippen LogP contribution in [0, 0.1) is 12.7 Å². The van der Waals surface area contributed by atoms with Crippen LogP contribution in [0.15, 0.2) is 47.6 Å². The average Bonchev–Trinajstić information content (AvgIpc) is 3.35. The normalized spacial score (nSPS) is 20.3. The third kappa shape index (κ3) is 4.43. The molecule has 184 valence electrons. The molecule has 0 spiro atoms. The van der Waals surface area contributed by atoms with Crippen molar-refractivity contribution in [2.45, 2.75) is 42.4 Å². The molecule has 1 atom stereocenters. The van der Waals surface area contributed by atoms with E-state index in [9.17, 15) is 17.6 Å². The summed E-state index contributed by atoms with van der Waals surface area (Å²) in [5.74, 6) is 0.0818. The number of amides is 2. The molecule has 35 heavy (non-hydrogen) atoms. The Hall–Kier alpha value is -2.89. The number of aromatic nitrogens is 2. The van der Waals surface area contributed by atoms with Gasteiger partial charge in [0.25, 0.3) is 0 Å². The first-order valence-corrected chi connectivity index (χ1v) is 13.7. The molecule has 1 aliphatic heterocycles. The Balaban J connectivity index is 1.46. The van der Waals surface area contributed by atoms with Crippen LogP contribution in [0.5, 0.6) is 0 Å². The van der Waals surface area contributed by atoms with E-state index < -0.39 is 21.5 Å². The number of hydrogen-bond acceptors (Lipinski definition) is 6. The molecule has 8 nitrogen and oxygen atoms in total. The fraction of sp³-hybridized carbons (Fsp3) is 0.375. The van der Waals surface area contributed by atoms with E-state index in [1.54, 1.807) is 36.1 Å². The fourth-order valence-electron chi connectivity index (χ4n) is 4.65. The summed E-state index contributed by atoms with van der Waals surface area (Å²) in [6, 6.07) is 9.80. The molecular formula is C24H26FN5O3S2. The monoisotopic (exact) mass is 515 g/mol. The second-order valence-corrected chi connectivity index (χ2v) is 11.8. The highest BCUT2D eigenvalue weighted by molar-refractivity contribution is 7.89. The van der Waals surface area contributed by atoms with Gasteiger partial charge in [-0.25, -0.2) is 27.3 Å². The van der Waals surface area contributed by atoms with Crippen LogP contribution in [0.4, 0.5) is 14.9 Å². The lowest BCUT2D eigenvalue weighted by Crippen LogP contribution is -2.38. The molecule has 1 aliphatic carbocycles. The summed E-state index contributed by atoms with van der Waals surface area (Å²) in [7, 11) is -2.43. The van der Waals surface area contributed by atoms with Gasteiger partial charge in [-0.3, -0.25) is 0 Å². The zero-order valence-corrected chi connectivity index (χ0v) is 21.0. The van der Waals surface area contributed by atoms with Gasteiger partial charge in [0, 0.05) is 13.1 Å². The number of aryl methyl sites for hydroxylation is 1. The van der Waals surface area contributed by atoms with Gasteiger partial charge >= 0.3 is 6.03 Å². The van der Waals surface area contributed by atoms with E-state index in [-0.39, 0.29) is 22.9 Å². The van der Waals surface area contributed by atoms with Crippen LogP contribution in [-0.2, 0) is 15.4 Å². The number of likely N-dealkylation sites (tertiary alicyclic amines) is 1. The smallest absolute Gasteiger partial charge is 0.321 e. The zero-order valence-electron chi connectivity index (χ0n) is 19.4. The van der Waals surface area contributed by atoms with Gasteiger partial charge in [-0.1, -0.05) is 18.2 Å². The van der Waals surface area contributed by atoms with Crippen LogP contribution < -0.4 is 10.0 Å². The maximum absolute atomic E-state index is 14.5. The first-order chi connectivity index (χ1) is 16.7. The topological polar surface area (TPSA) is 104 Å². The van der Waals surface area contributed by atoms with E-state index in [0.717, 1.165) is 24.0 Å². The van der Waals surface area contributed by atoms with Crippen molar-refractivity contribution in [3.8, 4) is 0 Å². The molecule has 2 fully saturated rings. The Morgan fingerprint density at radius 2 is 2.03 bits per heavy atom. The summed E-state index contributed by atoms with van der Waals surface area (Å²) < 4.78 is 46.2. The third-order valence-electron chi connectivity index (χ3n) is 6.90. The Morgan fingerprint density at radius 1 is 1.23 bits per heavy atom. The van der Waals surface area contributed by atoms with Crippen molar-refractivity contribution in [2.75, 3.05) is 25.5 Å². The van der Waals surface area contributed by atoms with Gasteiger partial charge in [0.05, 0.1) is 11.1 Å². The molecule has 1 saturated heterocycles. The number of nitrogens with one attached hydrogen (secondary N) is 2. The summed E-state index contributed by atoms with van der Waals surface area (Å²) in [5.41, 5.74) is 1.85. The third-order valence-corrected chi connectivity index (χ3v) is 9.25. The molecular weight excluding hydrogens is 489 g/mol. The summed E-state index contributed by atoms with van der Waals surface area (Å²) in [4.78, 5) is 19.4. The molecule has 2 N–H and O–H groups in total. The van der Waals surface area contributed by atoms with Crippen LogP contribution in [0.1, 0.15) is 46.9 Å². The molecule has 5 rings (SSSR count). The summed E-state index contributed by atoms with van der Waals surface area (Å²) in [6.45, 7) is 2.38. The van der Waals surface area contributed by atoms with Crippen molar-refractivity contribution in [3.05, 3.63) is 70.2 Å². The largest absolute Gasteiger partial charge is 0.323 e. The zero-order chi connectivity index (χ0) is 24.8. The van der Waals surface area contributed by atoms with Crippen molar-refractivity contribution < 1.29 is 17.6 Å². The van der Waals surface area contributed by atoms with E-state index in [1.165, 1.54) is 31.0 Å². The minimum Gasteiger partial charge on any atom is -0.323 e. The van der Waals surface area contributed by atoms with E-state index in [4.69, 9.17) is 0 Å². The Labute approximate surface area is 207 Å². The molecule has 2 aromatic carbocycles. The maximum atomic E-state index is 14.5. The number of halogens is 1. The standard InChI is InChI=1S/C24H26FN5O3S2/c1-15-3-7-18(12-19(15)25)24(22-27-14-28-34-22)9-10-30(13-24)23(31)29-20-11-17(16-4-5-16)6-8-21(20)35(32,33)26-2/h3,6-8,11-12,14,16,26H,4-5,9-10,13H2,1-2H3,(H,29,31)/t24-/m0/s1. The number of carbonyl (C=O) groups excluding carboxylic acids is 1. The molecule has 2 aliphatic rings. The van der Waals surface area contributed by atoms with Crippen LogP contribution >= 0.6 is 11.5 Å². The van der Waals surface area contributed by atoms with E-state index in [1.807, 2.05) is 6.07 Å². The first-order valence-electron chi connectivity index (χ1n) is 11.4. The molecule has 3 aromatic rings. The second-order valence-electron chi connectivity index (χ2n) is 9.13. The fourth-order valence-corrected chi connectivity index (χ4v) is 6.26. The predicted octanol–water partition coefficient (Wildman–Crippen LogP) is 4.00. The summed E-state index contributed by atoms with van der Waals surface area (Å²) >= 11 is 1.23. The number of carbonyl (C=O) groups is 1. The second kappa shape index (κ2) is 8.96. The molecule has 0 unspecified atom stereocenters. The van der Waals surface area contributed by atoms with Crippen molar-refractivity contribution in [1.82, 2.24) is 19.0 Å². The van der Waals surface area contributed by atoms with Gasteiger partial charge < -0.3 is 10.2 Å². The summed E-state index contributed by atoms with van der Waals surface area (Å²) in [5, 5.41) is 3.55. The highest BCUT2D eigenvalue weighted by Crippen LogP contribution is 2.43. The van der Waals surface area contributed by atoms with Crippen LogP contribution in [0.3, 0.4) is 0 Å². The van der Waals surface area contributed by atoms with E-state index in [2.05, 4.69) is 19.4 Å². The Kier molecular flexibility index (Phi) is 6.10. The lowest BCUT2D eigenvalue weighted by Gasteiger charge is -2.28. The highest BCUT2D eigenvalue weighted by atomic mass is 32.2. The highest BCUT2D eigenvalue weighted by Gasteiger charge is 2.45. The molecule has 1 aromatic heterocycles. The number of urea groups is 1. The quantitative estimate of drug-likeness (QED) is 0.517. The molecule has 2 heterocycles. The average molecular weight is 516 g/mol. The molecule has 2 amide bonds. The molecule has 1 saturated carbocycles. The van der Waals surface area contributed by atoms with E-state index >= 15 is 0 Å². The van der Waals surface area contributed by atoms with Crippen molar-refractivity contribution in [1.29, 1.82) is 0 Å². The minimum absolute atomic E-state index is 0.0212. The van der Waals surface area contributed by atoms with Gasteiger partial charge in [0.1, 0.15) is 22.0 Å². The predicted molar refractivity (Wildman–Crippen MR) is 132 cm³/mol. The number of nitrogens with zero attached hydrogens (tertiary/aromatic N) is 3. The summed E-state index contributed by atoms with van der Waals surface area (Å²) in [6.07, 6.45) is 4.11. The Bertz CT molecular complexity index is 1380. The number of benzene rings is 2. The van der Waals surface area contributed by atoms with Crippen LogP contribution in [0.2, 0.25) is 0 Å². The van der Waals surface area contributed by atoms with Gasteiger partial charge in [0.2, 0.25) is 10.0 Å². The number of rotatable bonds is 6. The lowest BCUT2D eigenvalue weighted by molar-refractivity contribution is 0.220. The van der Waals surface area contributed by atoms with Crippen molar-refractivity contribution >= 4 is 33.3 Å².